The van der Waals surface area contributed by atoms with Crippen LogP contribution in [-0.4, -0.2) is 36.7 Å². The fourth-order valence-electron chi connectivity index (χ4n) is 4.93. The Kier molecular flexibility index (Phi) is 7.53. The maximum Gasteiger partial charge on any atom is 0.265 e. The third-order valence-corrected chi connectivity index (χ3v) is 7.25. The van der Waals surface area contributed by atoms with Crippen LogP contribution in [0.3, 0.4) is 0 Å². The van der Waals surface area contributed by atoms with Crippen LogP contribution in [0, 0.1) is 5.82 Å². The first kappa shape index (κ1) is 27.1. The van der Waals surface area contributed by atoms with Crippen LogP contribution in [0.25, 0.3) is 28.7 Å². The van der Waals surface area contributed by atoms with Crippen LogP contribution in [0.15, 0.2) is 67.9 Å². The number of unbranched alkanes of at least 4 members (excludes halogenated alkanes) is 1. The van der Waals surface area contributed by atoms with Crippen LogP contribution in [0.5, 0.6) is 0 Å². The molecule has 2 aliphatic rings. The van der Waals surface area contributed by atoms with Crippen LogP contribution in [-0.2, 0) is 11.3 Å². The lowest BCUT2D eigenvalue weighted by Crippen LogP contribution is -2.24. The van der Waals surface area contributed by atoms with Gasteiger partial charge in [-0.2, -0.15) is 0 Å². The van der Waals surface area contributed by atoms with E-state index in [0.717, 1.165) is 5.56 Å². The monoisotopic (exact) mass is 576 g/mol. The molecule has 210 valence electrons. The number of oxime groups is 1. The molecule has 0 saturated heterocycles. The maximum atomic E-state index is 13.6. The van der Waals surface area contributed by atoms with Crippen LogP contribution < -0.4 is 5.56 Å². The number of benzene rings is 2. The van der Waals surface area contributed by atoms with E-state index in [2.05, 4.69) is 10.1 Å². The molecule has 0 radical (unpaired) electrons. The first-order valence-corrected chi connectivity index (χ1v) is 13.7. The van der Waals surface area contributed by atoms with Crippen molar-refractivity contribution in [3.05, 3.63) is 98.5 Å². The molecular formula is C30H26ClFN4O5. The predicted octanol–water partition coefficient (Wildman–Crippen LogP) is 5.40. The van der Waals surface area contributed by atoms with Gasteiger partial charge in [0.25, 0.3) is 5.56 Å². The topological polar surface area (TPSA) is 123 Å². The molecule has 0 bridgehead atoms. The molecule has 1 aliphatic heterocycles. The highest BCUT2D eigenvalue weighted by molar-refractivity contribution is 6.31. The van der Waals surface area contributed by atoms with Crippen molar-refractivity contribution in [2.24, 2.45) is 5.16 Å². The van der Waals surface area contributed by atoms with Crippen molar-refractivity contribution in [2.75, 3.05) is 0 Å². The minimum Gasteiger partial charge on any atom is -0.437 e. The number of hydrogen-bond donors (Lipinski definition) is 2. The number of hydrogen-bond acceptors (Lipinski definition) is 8. The third-order valence-electron chi connectivity index (χ3n) is 6.99. The van der Waals surface area contributed by atoms with E-state index in [1.807, 2.05) is 12.2 Å². The van der Waals surface area contributed by atoms with Gasteiger partial charge in [0.05, 0.1) is 22.3 Å². The van der Waals surface area contributed by atoms with Gasteiger partial charge < -0.3 is 19.5 Å². The van der Waals surface area contributed by atoms with E-state index in [9.17, 15) is 19.4 Å². The largest absolute Gasteiger partial charge is 0.437 e. The van der Waals surface area contributed by atoms with Gasteiger partial charge in [0, 0.05) is 29.9 Å². The number of aliphatic hydroxyl groups excluding tert-OH is 1. The first-order chi connectivity index (χ1) is 19.9. The van der Waals surface area contributed by atoms with Crippen molar-refractivity contribution < 1.29 is 23.9 Å². The lowest BCUT2D eigenvalue weighted by molar-refractivity contribution is -0.0465. The van der Waals surface area contributed by atoms with E-state index in [-0.39, 0.29) is 12.0 Å². The van der Waals surface area contributed by atoms with Crippen molar-refractivity contribution in [1.29, 1.82) is 0 Å². The van der Waals surface area contributed by atoms with Gasteiger partial charge in [-0.05, 0) is 67.8 Å². The van der Waals surface area contributed by atoms with Crippen LogP contribution in [0.4, 0.5) is 4.39 Å². The summed E-state index contributed by atoms with van der Waals surface area (Å²) in [6.45, 7) is 0. The molecule has 41 heavy (non-hydrogen) atoms. The average molecular weight is 577 g/mol. The molecule has 2 aromatic heterocycles. The Morgan fingerprint density at radius 3 is 2.76 bits per heavy atom. The van der Waals surface area contributed by atoms with Crippen molar-refractivity contribution in [2.45, 2.75) is 50.9 Å². The van der Waals surface area contributed by atoms with Gasteiger partial charge >= 0.3 is 0 Å². The molecule has 9 nitrogen and oxygen atoms in total. The smallest absolute Gasteiger partial charge is 0.265 e. The minimum absolute atomic E-state index is 0.215. The SMILES string of the molecule is O=c1c2ccc(C3=NOC(c4nc5c(o4)C=C(Cl)CC=C5)C3)cc2nc(CCCCC(O)O)n1-c1ccc(F)cc1. The summed E-state index contributed by atoms with van der Waals surface area (Å²) >= 11 is 6.19. The van der Waals surface area contributed by atoms with Crippen molar-refractivity contribution >= 4 is 40.4 Å². The normalized spacial score (nSPS) is 16.5. The molecule has 1 aliphatic carbocycles. The highest BCUT2D eigenvalue weighted by atomic mass is 35.5. The summed E-state index contributed by atoms with van der Waals surface area (Å²) < 4.78 is 21.0. The average Bonchev–Trinajstić information content (AvgIpc) is 3.55. The van der Waals surface area contributed by atoms with E-state index < -0.39 is 18.2 Å². The second-order valence-corrected chi connectivity index (χ2v) is 10.4. The van der Waals surface area contributed by atoms with Crippen molar-refractivity contribution in [3.63, 3.8) is 0 Å². The fraction of sp³-hybridized carbons (Fsp3) is 0.267. The Balaban J connectivity index is 1.30. The number of fused-ring (bicyclic) bond motifs is 2. The Morgan fingerprint density at radius 1 is 1.12 bits per heavy atom. The molecule has 11 heteroatoms. The summed E-state index contributed by atoms with van der Waals surface area (Å²) in [5, 5.41) is 23.7. The molecule has 1 unspecified atom stereocenters. The van der Waals surface area contributed by atoms with Gasteiger partial charge in [-0.25, -0.2) is 14.4 Å². The van der Waals surface area contributed by atoms with E-state index in [0.29, 0.717) is 82.6 Å². The zero-order valence-electron chi connectivity index (χ0n) is 21.8. The molecule has 6 rings (SSSR count). The van der Waals surface area contributed by atoms with Gasteiger partial charge in [-0.3, -0.25) is 9.36 Å². The number of halogens is 2. The molecule has 0 fully saturated rings. The zero-order valence-corrected chi connectivity index (χ0v) is 22.6. The maximum absolute atomic E-state index is 13.6. The lowest BCUT2D eigenvalue weighted by Gasteiger charge is -2.14. The number of rotatable bonds is 8. The summed E-state index contributed by atoms with van der Waals surface area (Å²) in [5.74, 6) is 1.05. The van der Waals surface area contributed by atoms with E-state index in [1.165, 1.54) is 28.8 Å². The Labute approximate surface area is 238 Å². The minimum atomic E-state index is -1.39. The van der Waals surface area contributed by atoms with Crippen molar-refractivity contribution in [1.82, 2.24) is 14.5 Å². The standard InChI is InChI=1S/C30H26ClFN4O5/c31-18-4-3-5-22-25(15-18)40-29(34-22)26-16-23(35-41-26)17-8-13-21-24(14-17)33-27(6-1-2-7-28(37)38)36(30(21)39)20-11-9-19(32)10-12-20/h3,5,8-15,26,28,37-38H,1-2,4,6-7,16H2. The van der Waals surface area contributed by atoms with Gasteiger partial charge in [0.2, 0.25) is 12.0 Å². The zero-order chi connectivity index (χ0) is 28.5. The summed E-state index contributed by atoms with van der Waals surface area (Å²) in [6.07, 6.45) is 6.40. The summed E-state index contributed by atoms with van der Waals surface area (Å²) in [4.78, 5) is 28.7. The second-order valence-electron chi connectivity index (χ2n) is 9.94. The number of aromatic nitrogens is 3. The first-order valence-electron chi connectivity index (χ1n) is 13.3. The molecule has 3 heterocycles. The van der Waals surface area contributed by atoms with Gasteiger partial charge in [0.1, 0.15) is 17.3 Å². The second kappa shape index (κ2) is 11.4. The Hall–Kier alpha value is -4.12. The number of aryl methyl sites for hydroxylation is 1. The van der Waals surface area contributed by atoms with E-state index >= 15 is 0 Å². The molecule has 1 atom stereocenters. The van der Waals surface area contributed by atoms with Crippen molar-refractivity contribution in [3.8, 4) is 5.69 Å². The number of oxazole rings is 1. The molecule has 0 amide bonds. The third kappa shape index (κ3) is 5.72. The Morgan fingerprint density at radius 2 is 1.95 bits per heavy atom. The fourth-order valence-corrected chi connectivity index (χ4v) is 5.12. The van der Waals surface area contributed by atoms with E-state index in [4.69, 9.17) is 25.8 Å². The van der Waals surface area contributed by atoms with Crippen LogP contribution in [0.1, 0.15) is 66.9 Å². The molecule has 2 N–H and O–H groups in total. The number of aliphatic hydroxyl groups is 2. The van der Waals surface area contributed by atoms with Gasteiger partial charge in [-0.15, -0.1) is 0 Å². The lowest BCUT2D eigenvalue weighted by atomic mass is 10.0. The molecular weight excluding hydrogens is 551 g/mol. The van der Waals surface area contributed by atoms with Gasteiger partial charge in [-0.1, -0.05) is 28.9 Å². The van der Waals surface area contributed by atoms with Gasteiger partial charge in [0.15, 0.2) is 12.1 Å². The molecule has 2 aromatic carbocycles. The van der Waals surface area contributed by atoms with Crippen LogP contribution >= 0.6 is 11.6 Å². The summed E-state index contributed by atoms with van der Waals surface area (Å²) in [7, 11) is 0. The quantitative estimate of drug-likeness (QED) is 0.213. The molecule has 0 saturated carbocycles. The predicted molar refractivity (Wildman–Crippen MR) is 152 cm³/mol. The summed E-state index contributed by atoms with van der Waals surface area (Å²) in [6, 6.07) is 11.0. The Bertz CT molecular complexity index is 1760. The number of allylic oxidation sites excluding steroid dienone is 2. The highest BCUT2D eigenvalue weighted by Crippen LogP contribution is 2.33. The molecule has 4 aromatic rings. The number of nitrogens with zero attached hydrogens (tertiary/aromatic N) is 4. The highest BCUT2D eigenvalue weighted by Gasteiger charge is 2.30. The molecule has 0 spiro atoms. The summed E-state index contributed by atoms with van der Waals surface area (Å²) in [5.41, 5.74) is 2.80. The van der Waals surface area contributed by atoms with Crippen LogP contribution in [0.2, 0.25) is 0 Å². The van der Waals surface area contributed by atoms with E-state index in [1.54, 1.807) is 24.3 Å².